The minimum absolute atomic E-state index is 0.0245. The van der Waals surface area contributed by atoms with Gasteiger partial charge >= 0.3 is 6.61 Å². The number of nitrogens with zero attached hydrogens (tertiary/aromatic N) is 4. The maximum atomic E-state index is 13.3. The molecule has 2 aromatic carbocycles. The second-order valence-corrected chi connectivity index (χ2v) is 10.2. The molecule has 0 bridgehead atoms. The zero-order valence-corrected chi connectivity index (χ0v) is 24.0. The third-order valence-corrected chi connectivity index (χ3v) is 7.29. The molecule has 0 fully saturated rings. The highest BCUT2D eigenvalue weighted by atomic mass is 19.3. The molecule has 0 amide bonds. The lowest BCUT2D eigenvalue weighted by Crippen LogP contribution is -2.38. The fourth-order valence-corrected chi connectivity index (χ4v) is 5.31. The highest BCUT2D eigenvalue weighted by Gasteiger charge is 2.45. The van der Waals surface area contributed by atoms with Crippen LogP contribution in [0, 0.1) is 11.3 Å². The van der Waals surface area contributed by atoms with E-state index in [1.807, 2.05) is 19.0 Å². The minimum Gasteiger partial charge on any atom is -0.481 e. The molecule has 1 N–H and O–H groups in total. The normalized spacial score (nSPS) is 14.4. The molecule has 0 saturated carbocycles. The topological polar surface area (TPSA) is 119 Å². The summed E-state index contributed by atoms with van der Waals surface area (Å²) in [7, 11) is 6.52. The fraction of sp³-hybridized carbons (Fsp3) is 0.323. The summed E-state index contributed by atoms with van der Waals surface area (Å²) in [5, 5.41) is 23.2. The van der Waals surface area contributed by atoms with Crippen LogP contribution < -0.4 is 23.7 Å². The number of halogens is 2. The number of rotatable bonds is 11. The number of nitriles is 1. The van der Waals surface area contributed by atoms with Crippen molar-refractivity contribution in [3.63, 3.8) is 0 Å². The quantitative estimate of drug-likeness (QED) is 0.260. The third kappa shape index (κ3) is 5.95. The molecule has 2 atom stereocenters. The summed E-state index contributed by atoms with van der Waals surface area (Å²) in [5.41, 5.74) is 0.367. The Morgan fingerprint density at radius 1 is 1.02 bits per heavy atom. The van der Waals surface area contributed by atoms with Gasteiger partial charge in [-0.25, -0.2) is 4.98 Å². The Labute approximate surface area is 247 Å². The van der Waals surface area contributed by atoms with E-state index in [4.69, 9.17) is 23.9 Å². The summed E-state index contributed by atoms with van der Waals surface area (Å²) < 4.78 is 54.0. The Bertz CT molecular complexity index is 1680. The van der Waals surface area contributed by atoms with Crippen molar-refractivity contribution in [1.82, 2.24) is 14.9 Å². The third-order valence-electron chi connectivity index (χ3n) is 7.29. The molecule has 12 heteroatoms. The van der Waals surface area contributed by atoms with Crippen LogP contribution in [0.4, 0.5) is 8.78 Å². The number of ether oxygens (including phenoxy) is 5. The summed E-state index contributed by atoms with van der Waals surface area (Å²) in [4.78, 5) is 10.6. The van der Waals surface area contributed by atoms with Gasteiger partial charge in [0.1, 0.15) is 5.60 Å². The summed E-state index contributed by atoms with van der Waals surface area (Å²) in [5.74, 6) is -0.318. The maximum Gasteiger partial charge on any atom is 0.388 e. The minimum atomic E-state index is -3.15. The van der Waals surface area contributed by atoms with Gasteiger partial charge in [-0.2, -0.15) is 19.0 Å². The van der Waals surface area contributed by atoms with Gasteiger partial charge in [0.05, 0.1) is 37.3 Å². The molecule has 1 aliphatic rings. The molecular weight excluding hydrogens is 562 g/mol. The Hall–Kier alpha value is -4.73. The Balaban J connectivity index is 1.85. The SMILES string of the molecule is COc1cc([C@](O)(CCN(C)C)[C@@H](c2cc3cc(C#N)ccc3nc2OC)c2cccc3c2OCO3)cc(OC(F)F)n1. The second kappa shape index (κ2) is 12.2. The highest BCUT2D eigenvalue weighted by molar-refractivity contribution is 5.82. The predicted molar refractivity (Wildman–Crippen MR) is 152 cm³/mol. The number of benzene rings is 2. The number of aliphatic hydroxyl groups is 1. The lowest BCUT2D eigenvalue weighted by Gasteiger charge is -2.39. The van der Waals surface area contributed by atoms with Crippen LogP contribution in [-0.4, -0.2) is 68.2 Å². The molecule has 0 aliphatic carbocycles. The largest absolute Gasteiger partial charge is 0.481 e. The van der Waals surface area contributed by atoms with Gasteiger partial charge in [0, 0.05) is 35.2 Å². The molecule has 43 heavy (non-hydrogen) atoms. The molecule has 4 aromatic rings. The van der Waals surface area contributed by atoms with Crippen LogP contribution in [0.5, 0.6) is 29.1 Å². The van der Waals surface area contributed by atoms with Crippen molar-refractivity contribution < 1.29 is 37.6 Å². The van der Waals surface area contributed by atoms with E-state index in [0.29, 0.717) is 45.6 Å². The van der Waals surface area contributed by atoms with Crippen LogP contribution >= 0.6 is 0 Å². The number of para-hydroxylation sites is 1. The van der Waals surface area contributed by atoms with E-state index in [-0.39, 0.29) is 30.5 Å². The van der Waals surface area contributed by atoms with Crippen molar-refractivity contribution in [2.75, 3.05) is 41.7 Å². The first-order valence-corrected chi connectivity index (χ1v) is 13.3. The summed E-state index contributed by atoms with van der Waals surface area (Å²) in [6.07, 6.45) is 0.107. The zero-order valence-electron chi connectivity index (χ0n) is 24.0. The Kier molecular flexibility index (Phi) is 8.47. The van der Waals surface area contributed by atoms with Crippen LogP contribution in [0.1, 0.15) is 34.6 Å². The van der Waals surface area contributed by atoms with Gasteiger partial charge in [0.25, 0.3) is 0 Å². The maximum absolute atomic E-state index is 13.3. The van der Waals surface area contributed by atoms with Crippen molar-refractivity contribution in [3.8, 4) is 35.2 Å². The van der Waals surface area contributed by atoms with Crippen LogP contribution in [0.15, 0.2) is 54.6 Å². The van der Waals surface area contributed by atoms with E-state index in [1.54, 1.807) is 42.5 Å². The number of aromatic nitrogens is 2. The monoisotopic (exact) mass is 592 g/mol. The molecule has 2 aromatic heterocycles. The molecule has 0 saturated heterocycles. The summed E-state index contributed by atoms with van der Waals surface area (Å²) in [6, 6.07) is 17.1. The fourth-order valence-electron chi connectivity index (χ4n) is 5.31. The highest BCUT2D eigenvalue weighted by Crippen LogP contribution is 2.52. The number of methoxy groups -OCH3 is 2. The van der Waals surface area contributed by atoms with Gasteiger partial charge in [0.15, 0.2) is 11.5 Å². The standard InChI is InChI=1S/C31H30F2N4O6/c1-37(2)11-10-31(38,20-14-25(39-3)36-26(15-20)43-30(32)33)27(21-6-5-7-24-28(21)42-17-41-24)22-13-19-12-18(16-34)8-9-23(19)35-29(22)40-4/h5-9,12-15,27,30,38H,10-11,17H2,1-4H3/t27-,31-/m1/s1. The molecule has 0 unspecified atom stereocenters. The molecule has 1 aliphatic heterocycles. The molecule has 10 nitrogen and oxygen atoms in total. The van der Waals surface area contributed by atoms with E-state index >= 15 is 0 Å². The number of hydrogen-bond acceptors (Lipinski definition) is 10. The van der Waals surface area contributed by atoms with Gasteiger partial charge < -0.3 is 33.7 Å². The second-order valence-electron chi connectivity index (χ2n) is 10.2. The van der Waals surface area contributed by atoms with Gasteiger partial charge in [-0.1, -0.05) is 12.1 Å². The van der Waals surface area contributed by atoms with E-state index in [2.05, 4.69) is 15.8 Å². The smallest absolute Gasteiger partial charge is 0.388 e. The summed E-state index contributed by atoms with van der Waals surface area (Å²) >= 11 is 0. The van der Waals surface area contributed by atoms with Crippen LogP contribution in [0.2, 0.25) is 0 Å². The first-order valence-electron chi connectivity index (χ1n) is 13.3. The molecule has 3 heterocycles. The van der Waals surface area contributed by atoms with Gasteiger partial charge in [-0.15, -0.1) is 0 Å². The van der Waals surface area contributed by atoms with Gasteiger partial charge in [-0.05, 0) is 56.4 Å². The number of hydrogen-bond donors (Lipinski definition) is 1. The summed E-state index contributed by atoms with van der Waals surface area (Å²) in [6.45, 7) is -2.79. The average Bonchev–Trinajstić information content (AvgIpc) is 3.49. The van der Waals surface area contributed by atoms with Crippen molar-refractivity contribution >= 4 is 10.9 Å². The van der Waals surface area contributed by atoms with E-state index in [1.165, 1.54) is 26.4 Å². The van der Waals surface area contributed by atoms with Crippen LogP contribution in [0.25, 0.3) is 10.9 Å². The van der Waals surface area contributed by atoms with E-state index in [9.17, 15) is 19.1 Å². The lowest BCUT2D eigenvalue weighted by atomic mass is 9.71. The molecule has 224 valence electrons. The van der Waals surface area contributed by atoms with E-state index in [0.717, 1.165) is 0 Å². The zero-order chi connectivity index (χ0) is 30.7. The van der Waals surface area contributed by atoms with Crippen LogP contribution in [0.3, 0.4) is 0 Å². The predicted octanol–water partition coefficient (Wildman–Crippen LogP) is 4.82. The van der Waals surface area contributed by atoms with Crippen molar-refractivity contribution in [3.05, 3.63) is 76.9 Å². The molecule has 0 spiro atoms. The Morgan fingerprint density at radius 3 is 2.51 bits per heavy atom. The van der Waals surface area contributed by atoms with E-state index < -0.39 is 24.0 Å². The number of fused-ring (bicyclic) bond motifs is 2. The molecular formula is C31H30F2N4O6. The molecule has 0 radical (unpaired) electrons. The van der Waals surface area contributed by atoms with Crippen LogP contribution in [-0.2, 0) is 5.60 Å². The van der Waals surface area contributed by atoms with Crippen molar-refractivity contribution in [2.24, 2.45) is 0 Å². The first kappa shape index (κ1) is 29.8. The number of alkyl halides is 2. The Morgan fingerprint density at radius 2 is 1.81 bits per heavy atom. The lowest BCUT2D eigenvalue weighted by molar-refractivity contribution is -0.0538. The van der Waals surface area contributed by atoms with Gasteiger partial charge in [0.2, 0.25) is 24.4 Å². The average molecular weight is 593 g/mol. The first-order chi connectivity index (χ1) is 20.7. The number of pyridine rings is 2. The molecule has 5 rings (SSSR count). The van der Waals surface area contributed by atoms with Crippen molar-refractivity contribution in [1.29, 1.82) is 5.26 Å². The van der Waals surface area contributed by atoms with Gasteiger partial charge in [-0.3, -0.25) is 0 Å². The van der Waals surface area contributed by atoms with Crippen molar-refractivity contribution in [2.45, 2.75) is 24.6 Å².